The van der Waals surface area contributed by atoms with Crippen LogP contribution in [-0.2, 0) is 22.4 Å². The number of carbonyl (C=O) groups is 1. The van der Waals surface area contributed by atoms with E-state index in [9.17, 15) is 9.90 Å². The van der Waals surface area contributed by atoms with Gasteiger partial charge >= 0.3 is 5.97 Å². The molecule has 0 saturated heterocycles. The zero-order chi connectivity index (χ0) is 16.8. The van der Waals surface area contributed by atoms with Crippen molar-refractivity contribution >= 4 is 5.97 Å². The molecule has 0 fully saturated rings. The van der Waals surface area contributed by atoms with Crippen molar-refractivity contribution in [2.75, 3.05) is 0 Å². The zero-order valence-electron chi connectivity index (χ0n) is 14.0. The number of aryl methyl sites for hydroxylation is 3. The van der Waals surface area contributed by atoms with Gasteiger partial charge in [0.15, 0.2) is 0 Å². The first-order valence-electron chi connectivity index (χ1n) is 7.97. The van der Waals surface area contributed by atoms with Crippen molar-refractivity contribution in [1.29, 1.82) is 0 Å². The maximum atomic E-state index is 12.1. The Balaban J connectivity index is 1.82. The second-order valence-corrected chi connectivity index (χ2v) is 6.11. The summed E-state index contributed by atoms with van der Waals surface area (Å²) in [5.74, 6) is 0.0821. The molecule has 0 heterocycles. The Kier molecular flexibility index (Phi) is 5.80. The summed E-state index contributed by atoms with van der Waals surface area (Å²) in [5.41, 5.74) is 4.42. The summed E-state index contributed by atoms with van der Waals surface area (Å²) < 4.78 is 5.51. The molecule has 0 bridgehead atoms. The van der Waals surface area contributed by atoms with E-state index in [1.165, 1.54) is 0 Å². The summed E-state index contributed by atoms with van der Waals surface area (Å²) in [6, 6.07) is 13.2. The van der Waals surface area contributed by atoms with Gasteiger partial charge in [0.2, 0.25) is 0 Å². The smallest absolute Gasteiger partial charge is 0.310 e. The lowest BCUT2D eigenvalue weighted by atomic mass is 10.0. The van der Waals surface area contributed by atoms with Crippen LogP contribution in [0.15, 0.2) is 42.5 Å². The van der Waals surface area contributed by atoms with Crippen LogP contribution in [-0.4, -0.2) is 17.2 Å². The van der Waals surface area contributed by atoms with E-state index in [-0.39, 0.29) is 17.8 Å². The van der Waals surface area contributed by atoms with Crippen LogP contribution < -0.4 is 0 Å². The Morgan fingerprint density at radius 3 is 2.52 bits per heavy atom. The number of carbonyl (C=O) groups excluding carboxylic acids is 1. The second-order valence-electron chi connectivity index (χ2n) is 6.11. The highest BCUT2D eigenvalue weighted by molar-refractivity contribution is 5.73. The van der Waals surface area contributed by atoms with Gasteiger partial charge in [-0.05, 0) is 62.4 Å². The second kappa shape index (κ2) is 7.82. The molecule has 3 nitrogen and oxygen atoms in total. The summed E-state index contributed by atoms with van der Waals surface area (Å²) in [7, 11) is 0. The number of benzene rings is 2. The van der Waals surface area contributed by atoms with Gasteiger partial charge < -0.3 is 9.84 Å². The number of phenols is 1. The molecular formula is C20H24O3. The standard InChI is InChI=1S/C20H24O3/c1-14-4-5-15(2)18(12-14)13-20(22)23-16(3)6-7-17-8-10-19(21)11-9-17/h4-5,8-12,16,21H,6-7,13H2,1-3H3. The normalized spacial score (nSPS) is 12.0. The molecule has 1 N–H and O–H groups in total. The van der Waals surface area contributed by atoms with Gasteiger partial charge in [-0.25, -0.2) is 0 Å². The Bertz CT molecular complexity index is 659. The van der Waals surface area contributed by atoms with E-state index >= 15 is 0 Å². The SMILES string of the molecule is Cc1ccc(C)c(CC(=O)OC(C)CCc2ccc(O)cc2)c1. The molecule has 0 radical (unpaired) electrons. The minimum absolute atomic E-state index is 0.124. The highest BCUT2D eigenvalue weighted by Crippen LogP contribution is 2.15. The number of rotatable bonds is 6. The Morgan fingerprint density at radius 2 is 1.83 bits per heavy atom. The van der Waals surface area contributed by atoms with Gasteiger partial charge in [0.1, 0.15) is 5.75 Å². The Labute approximate surface area is 137 Å². The molecule has 0 aliphatic carbocycles. The molecule has 3 heteroatoms. The van der Waals surface area contributed by atoms with Crippen LogP contribution in [0.25, 0.3) is 0 Å². The predicted molar refractivity (Wildman–Crippen MR) is 91.6 cm³/mol. The number of aromatic hydroxyl groups is 1. The Hall–Kier alpha value is -2.29. The summed E-state index contributed by atoms with van der Waals surface area (Å²) in [4.78, 5) is 12.1. The number of ether oxygens (including phenoxy) is 1. The molecule has 2 rings (SSSR count). The van der Waals surface area contributed by atoms with Crippen molar-refractivity contribution in [3.63, 3.8) is 0 Å². The van der Waals surface area contributed by atoms with E-state index in [0.717, 1.165) is 35.1 Å². The fourth-order valence-corrected chi connectivity index (χ4v) is 2.50. The van der Waals surface area contributed by atoms with Gasteiger partial charge in [-0.1, -0.05) is 35.9 Å². The lowest BCUT2D eigenvalue weighted by molar-refractivity contribution is -0.147. The van der Waals surface area contributed by atoms with Crippen molar-refractivity contribution in [1.82, 2.24) is 0 Å². The average Bonchev–Trinajstić information content (AvgIpc) is 2.50. The molecule has 0 aromatic heterocycles. The number of hydrogen-bond acceptors (Lipinski definition) is 3. The predicted octanol–water partition coefficient (Wildman–Crippen LogP) is 4.12. The summed E-state index contributed by atoms with van der Waals surface area (Å²) in [5, 5.41) is 9.27. The fourth-order valence-electron chi connectivity index (χ4n) is 2.50. The molecule has 23 heavy (non-hydrogen) atoms. The largest absolute Gasteiger partial charge is 0.508 e. The first-order chi connectivity index (χ1) is 10.9. The lowest BCUT2D eigenvalue weighted by Gasteiger charge is -2.14. The Morgan fingerprint density at radius 1 is 1.13 bits per heavy atom. The van der Waals surface area contributed by atoms with E-state index in [4.69, 9.17) is 4.74 Å². The molecule has 2 aromatic rings. The fraction of sp³-hybridized carbons (Fsp3) is 0.350. The van der Waals surface area contributed by atoms with Crippen LogP contribution in [0.5, 0.6) is 5.75 Å². The first-order valence-corrected chi connectivity index (χ1v) is 7.97. The van der Waals surface area contributed by atoms with Crippen molar-refractivity contribution in [2.45, 2.75) is 46.1 Å². The van der Waals surface area contributed by atoms with Crippen molar-refractivity contribution in [3.8, 4) is 5.75 Å². The maximum absolute atomic E-state index is 12.1. The first kappa shape index (κ1) is 17.1. The van der Waals surface area contributed by atoms with Gasteiger partial charge in [0.25, 0.3) is 0 Å². The molecule has 1 atom stereocenters. The molecule has 0 spiro atoms. The molecule has 2 aromatic carbocycles. The van der Waals surface area contributed by atoms with Crippen LogP contribution in [0.1, 0.15) is 35.6 Å². The molecule has 122 valence electrons. The number of phenolic OH excluding ortho intramolecular Hbond substituents is 1. The topological polar surface area (TPSA) is 46.5 Å². The summed E-state index contributed by atoms with van der Waals surface area (Å²) in [6.45, 7) is 5.95. The molecule has 0 amide bonds. The minimum atomic E-state index is -0.183. The van der Waals surface area contributed by atoms with E-state index < -0.39 is 0 Å². The zero-order valence-corrected chi connectivity index (χ0v) is 14.0. The third-order valence-corrected chi connectivity index (χ3v) is 3.95. The highest BCUT2D eigenvalue weighted by atomic mass is 16.5. The summed E-state index contributed by atoms with van der Waals surface area (Å²) in [6.07, 6.45) is 1.78. The molecule has 0 aliphatic heterocycles. The van der Waals surface area contributed by atoms with Gasteiger partial charge in [-0.3, -0.25) is 4.79 Å². The van der Waals surface area contributed by atoms with E-state index in [1.807, 2.05) is 51.1 Å². The van der Waals surface area contributed by atoms with E-state index in [2.05, 4.69) is 0 Å². The maximum Gasteiger partial charge on any atom is 0.310 e. The number of esters is 1. The van der Waals surface area contributed by atoms with Crippen molar-refractivity contribution < 1.29 is 14.6 Å². The van der Waals surface area contributed by atoms with Crippen LogP contribution in [0.2, 0.25) is 0 Å². The van der Waals surface area contributed by atoms with Gasteiger partial charge in [-0.2, -0.15) is 0 Å². The third-order valence-electron chi connectivity index (χ3n) is 3.95. The molecule has 1 unspecified atom stereocenters. The average molecular weight is 312 g/mol. The van der Waals surface area contributed by atoms with Crippen LogP contribution in [0.4, 0.5) is 0 Å². The van der Waals surface area contributed by atoms with Gasteiger partial charge in [-0.15, -0.1) is 0 Å². The third kappa shape index (κ3) is 5.44. The molecular weight excluding hydrogens is 288 g/mol. The lowest BCUT2D eigenvalue weighted by Crippen LogP contribution is -2.17. The quantitative estimate of drug-likeness (QED) is 0.816. The van der Waals surface area contributed by atoms with Crippen LogP contribution in [0.3, 0.4) is 0 Å². The van der Waals surface area contributed by atoms with E-state index in [1.54, 1.807) is 12.1 Å². The van der Waals surface area contributed by atoms with Crippen LogP contribution in [0, 0.1) is 13.8 Å². The van der Waals surface area contributed by atoms with Gasteiger partial charge in [0, 0.05) is 0 Å². The molecule has 0 saturated carbocycles. The van der Waals surface area contributed by atoms with Crippen molar-refractivity contribution in [3.05, 3.63) is 64.7 Å². The van der Waals surface area contributed by atoms with Crippen molar-refractivity contribution in [2.24, 2.45) is 0 Å². The molecule has 0 aliphatic rings. The highest BCUT2D eigenvalue weighted by Gasteiger charge is 2.12. The minimum Gasteiger partial charge on any atom is -0.508 e. The monoisotopic (exact) mass is 312 g/mol. The van der Waals surface area contributed by atoms with Gasteiger partial charge in [0.05, 0.1) is 12.5 Å². The summed E-state index contributed by atoms with van der Waals surface area (Å²) >= 11 is 0. The van der Waals surface area contributed by atoms with Crippen LogP contribution >= 0.6 is 0 Å². The number of hydrogen-bond donors (Lipinski definition) is 1. The van der Waals surface area contributed by atoms with E-state index in [0.29, 0.717) is 6.42 Å².